The van der Waals surface area contributed by atoms with Gasteiger partial charge < -0.3 is 5.32 Å². The fourth-order valence-corrected chi connectivity index (χ4v) is 2.80. The largest absolute Gasteiger partial charge is 0.313 e. The summed E-state index contributed by atoms with van der Waals surface area (Å²) in [6, 6.07) is 10.8. The van der Waals surface area contributed by atoms with Crippen molar-refractivity contribution >= 4 is 23.2 Å². The van der Waals surface area contributed by atoms with E-state index < -0.39 is 0 Å². The Balaban J connectivity index is 1.77. The van der Waals surface area contributed by atoms with Gasteiger partial charge in [0, 0.05) is 35.9 Å². The lowest BCUT2D eigenvalue weighted by Crippen LogP contribution is -2.25. The van der Waals surface area contributed by atoms with Crippen LogP contribution in [0.1, 0.15) is 29.9 Å². The van der Waals surface area contributed by atoms with E-state index in [2.05, 4.69) is 22.4 Å². The lowest BCUT2D eigenvalue weighted by molar-refractivity contribution is 0.577. The second-order valence-electron chi connectivity index (χ2n) is 5.60. The number of hydrogen-bond acceptors (Lipinski definition) is 2. The predicted molar refractivity (Wildman–Crippen MR) is 88.2 cm³/mol. The first-order valence-corrected chi connectivity index (χ1v) is 8.05. The second kappa shape index (κ2) is 6.78. The Kier molecular flexibility index (Phi) is 4.79. The maximum atomic E-state index is 6.25. The van der Waals surface area contributed by atoms with Crippen molar-refractivity contribution in [3.8, 4) is 0 Å². The number of benzene rings is 1. The zero-order chi connectivity index (χ0) is 14.7. The van der Waals surface area contributed by atoms with Crippen LogP contribution in [0.2, 0.25) is 10.0 Å². The summed E-state index contributed by atoms with van der Waals surface area (Å²) in [5.41, 5.74) is 2.43. The third-order valence-corrected chi connectivity index (χ3v) is 4.49. The van der Waals surface area contributed by atoms with E-state index in [0.29, 0.717) is 12.0 Å². The molecule has 1 fully saturated rings. The Hall–Kier alpha value is -1.09. The molecule has 0 saturated heterocycles. The Morgan fingerprint density at radius 2 is 1.90 bits per heavy atom. The minimum atomic E-state index is 0.391. The number of pyridine rings is 1. The minimum Gasteiger partial charge on any atom is -0.313 e. The SMILES string of the molecule is Clc1ccc(C(CNC2CC2)Cc2ccncc2Cl)cc1. The van der Waals surface area contributed by atoms with Crippen molar-refractivity contribution in [2.24, 2.45) is 0 Å². The molecule has 1 aromatic heterocycles. The van der Waals surface area contributed by atoms with Crippen LogP contribution in [0.3, 0.4) is 0 Å². The molecular weight excluding hydrogens is 303 g/mol. The van der Waals surface area contributed by atoms with Crippen molar-refractivity contribution in [2.75, 3.05) is 6.54 Å². The Labute approximate surface area is 135 Å². The van der Waals surface area contributed by atoms with Gasteiger partial charge in [-0.2, -0.15) is 0 Å². The third-order valence-electron chi connectivity index (χ3n) is 3.89. The highest BCUT2D eigenvalue weighted by atomic mass is 35.5. The van der Waals surface area contributed by atoms with E-state index in [-0.39, 0.29) is 0 Å². The van der Waals surface area contributed by atoms with Crippen LogP contribution in [0.5, 0.6) is 0 Å². The summed E-state index contributed by atoms with van der Waals surface area (Å²) < 4.78 is 0. The standard InChI is InChI=1S/C17H18Cl2N2/c18-15-3-1-12(2-4-15)14(10-21-16-5-6-16)9-13-7-8-20-11-17(13)19/h1-4,7-8,11,14,16,21H,5-6,9-10H2. The van der Waals surface area contributed by atoms with Gasteiger partial charge in [0.25, 0.3) is 0 Å². The van der Waals surface area contributed by atoms with Gasteiger partial charge in [0.2, 0.25) is 0 Å². The lowest BCUT2D eigenvalue weighted by atomic mass is 9.92. The van der Waals surface area contributed by atoms with Gasteiger partial charge >= 0.3 is 0 Å². The number of hydrogen-bond donors (Lipinski definition) is 1. The molecule has 1 atom stereocenters. The number of nitrogens with zero attached hydrogens (tertiary/aromatic N) is 1. The van der Waals surface area contributed by atoms with Crippen molar-refractivity contribution in [1.29, 1.82) is 0 Å². The van der Waals surface area contributed by atoms with Gasteiger partial charge in [0.1, 0.15) is 0 Å². The lowest BCUT2D eigenvalue weighted by Gasteiger charge is -2.19. The third kappa shape index (κ3) is 4.19. The summed E-state index contributed by atoms with van der Waals surface area (Å²) in [5.74, 6) is 0.391. The van der Waals surface area contributed by atoms with Gasteiger partial charge in [0.05, 0.1) is 5.02 Å². The van der Waals surface area contributed by atoms with Gasteiger partial charge in [-0.25, -0.2) is 0 Å². The van der Waals surface area contributed by atoms with E-state index in [1.807, 2.05) is 18.2 Å². The summed E-state index contributed by atoms with van der Waals surface area (Å²) >= 11 is 12.2. The smallest absolute Gasteiger partial charge is 0.0621 e. The molecule has 1 aliphatic rings. The highest BCUT2D eigenvalue weighted by Crippen LogP contribution is 2.27. The van der Waals surface area contributed by atoms with Crippen LogP contribution in [0.25, 0.3) is 0 Å². The highest BCUT2D eigenvalue weighted by molar-refractivity contribution is 6.31. The molecule has 21 heavy (non-hydrogen) atoms. The predicted octanol–water partition coefficient (Wildman–Crippen LogP) is 4.47. The van der Waals surface area contributed by atoms with Crippen LogP contribution in [0, 0.1) is 0 Å². The van der Waals surface area contributed by atoms with Crippen LogP contribution in [0.4, 0.5) is 0 Å². The van der Waals surface area contributed by atoms with Crippen molar-refractivity contribution in [2.45, 2.75) is 31.2 Å². The fourth-order valence-electron chi connectivity index (χ4n) is 2.47. The van der Waals surface area contributed by atoms with Gasteiger partial charge in [0.15, 0.2) is 0 Å². The molecule has 1 aliphatic carbocycles. The molecule has 1 aromatic carbocycles. The quantitative estimate of drug-likeness (QED) is 0.849. The summed E-state index contributed by atoms with van der Waals surface area (Å²) in [7, 11) is 0. The van der Waals surface area contributed by atoms with Crippen molar-refractivity contribution in [3.05, 3.63) is 63.9 Å². The normalized spacial score (nSPS) is 15.9. The summed E-state index contributed by atoms with van der Waals surface area (Å²) in [6.07, 6.45) is 7.01. The molecule has 0 aliphatic heterocycles. The topological polar surface area (TPSA) is 24.9 Å². The van der Waals surface area contributed by atoms with E-state index in [1.54, 1.807) is 12.4 Å². The van der Waals surface area contributed by atoms with Crippen LogP contribution < -0.4 is 5.32 Å². The van der Waals surface area contributed by atoms with Gasteiger partial charge in [-0.05, 0) is 48.6 Å². The summed E-state index contributed by atoms with van der Waals surface area (Å²) in [6.45, 7) is 0.963. The monoisotopic (exact) mass is 320 g/mol. The van der Waals surface area contributed by atoms with Gasteiger partial charge in [-0.1, -0.05) is 35.3 Å². The molecule has 3 rings (SSSR count). The van der Waals surface area contributed by atoms with Crippen molar-refractivity contribution < 1.29 is 0 Å². The van der Waals surface area contributed by atoms with Gasteiger partial charge in [-0.3, -0.25) is 4.98 Å². The summed E-state index contributed by atoms with van der Waals surface area (Å²) in [5, 5.41) is 5.13. The van der Waals surface area contributed by atoms with E-state index in [9.17, 15) is 0 Å². The highest BCUT2D eigenvalue weighted by Gasteiger charge is 2.23. The number of aromatic nitrogens is 1. The Bertz CT molecular complexity index is 594. The molecule has 0 radical (unpaired) electrons. The van der Waals surface area contributed by atoms with Crippen LogP contribution in [-0.4, -0.2) is 17.6 Å². The Morgan fingerprint density at radius 1 is 1.14 bits per heavy atom. The molecule has 0 bridgehead atoms. The van der Waals surface area contributed by atoms with Gasteiger partial charge in [-0.15, -0.1) is 0 Å². The first kappa shape index (κ1) is 14.8. The molecule has 2 aromatic rings. The molecule has 1 heterocycles. The molecule has 0 spiro atoms. The van der Waals surface area contributed by atoms with E-state index in [1.165, 1.54) is 18.4 Å². The van der Waals surface area contributed by atoms with E-state index in [4.69, 9.17) is 23.2 Å². The zero-order valence-corrected chi connectivity index (χ0v) is 13.2. The zero-order valence-electron chi connectivity index (χ0n) is 11.7. The van der Waals surface area contributed by atoms with E-state index in [0.717, 1.165) is 28.6 Å². The second-order valence-corrected chi connectivity index (χ2v) is 6.45. The molecular formula is C17H18Cl2N2. The molecule has 1 saturated carbocycles. The number of nitrogens with one attached hydrogen (secondary N) is 1. The molecule has 1 unspecified atom stereocenters. The maximum absolute atomic E-state index is 6.25. The van der Waals surface area contributed by atoms with Crippen molar-refractivity contribution in [1.82, 2.24) is 10.3 Å². The molecule has 1 N–H and O–H groups in total. The van der Waals surface area contributed by atoms with Crippen molar-refractivity contribution in [3.63, 3.8) is 0 Å². The Morgan fingerprint density at radius 3 is 2.57 bits per heavy atom. The first-order valence-electron chi connectivity index (χ1n) is 7.29. The fraction of sp³-hybridized carbons (Fsp3) is 0.353. The minimum absolute atomic E-state index is 0.391. The summed E-state index contributed by atoms with van der Waals surface area (Å²) in [4.78, 5) is 4.06. The molecule has 2 nitrogen and oxygen atoms in total. The van der Waals surface area contributed by atoms with Crippen LogP contribution >= 0.6 is 23.2 Å². The van der Waals surface area contributed by atoms with Crippen LogP contribution in [-0.2, 0) is 6.42 Å². The van der Waals surface area contributed by atoms with E-state index >= 15 is 0 Å². The average molecular weight is 321 g/mol. The molecule has 110 valence electrons. The van der Waals surface area contributed by atoms with Crippen LogP contribution in [0.15, 0.2) is 42.7 Å². The average Bonchev–Trinajstić information content (AvgIpc) is 3.31. The molecule has 0 amide bonds. The number of halogens is 2. The number of rotatable bonds is 6. The molecule has 4 heteroatoms. The first-order chi connectivity index (χ1) is 10.2. The maximum Gasteiger partial charge on any atom is 0.0621 e.